The van der Waals surface area contributed by atoms with Gasteiger partial charge in [0.1, 0.15) is 0 Å². The molecule has 6 atom stereocenters. The maximum atomic E-state index is 12.8. The molecule has 0 spiro atoms. The summed E-state index contributed by atoms with van der Waals surface area (Å²) in [7, 11) is 1.42. The molecule has 0 radical (unpaired) electrons. The van der Waals surface area contributed by atoms with Gasteiger partial charge >= 0.3 is 0 Å². The number of rotatable bonds is 3. The summed E-state index contributed by atoms with van der Waals surface area (Å²) in [6.45, 7) is 0. The van der Waals surface area contributed by atoms with Crippen LogP contribution in [-0.2, 0) is 9.59 Å². The lowest BCUT2D eigenvalue weighted by Crippen LogP contribution is -2.40. The van der Waals surface area contributed by atoms with Crippen LogP contribution in [0.25, 0.3) is 0 Å². The van der Waals surface area contributed by atoms with Crippen molar-refractivity contribution in [3.63, 3.8) is 0 Å². The van der Waals surface area contributed by atoms with E-state index < -0.39 is 0 Å². The number of allylic oxidation sites excluding steroid dienone is 2. The van der Waals surface area contributed by atoms with Crippen LogP contribution in [0.2, 0.25) is 5.02 Å². The van der Waals surface area contributed by atoms with E-state index in [0.29, 0.717) is 17.4 Å². The lowest BCUT2D eigenvalue weighted by Gasteiger charge is -2.37. The number of hydrogen-bond acceptors (Lipinski definition) is 5. The summed E-state index contributed by atoms with van der Waals surface area (Å²) >= 11 is 5.97. The van der Waals surface area contributed by atoms with Gasteiger partial charge in [0.05, 0.1) is 30.2 Å². The number of carbonyl (C=O) groups is 2. The smallest absolute Gasteiger partial charge is 0.254 e. The number of ether oxygens (including phenoxy) is 1. The van der Waals surface area contributed by atoms with Gasteiger partial charge in [-0.3, -0.25) is 9.59 Å². The van der Waals surface area contributed by atoms with Crippen LogP contribution in [0.4, 0.5) is 0 Å². The topological polar surface area (TPSA) is 79.2 Å². The van der Waals surface area contributed by atoms with E-state index >= 15 is 0 Å². The third-order valence-electron chi connectivity index (χ3n) is 6.23. The highest BCUT2D eigenvalue weighted by Gasteiger charge is 2.67. The molecule has 26 heavy (non-hydrogen) atoms. The molecule has 1 N–H and O–H groups in total. The molecule has 134 valence electrons. The molecule has 5 aliphatic rings. The van der Waals surface area contributed by atoms with Crippen molar-refractivity contribution in [1.82, 2.24) is 5.01 Å². The second kappa shape index (κ2) is 5.33. The zero-order chi connectivity index (χ0) is 18.2. The SMILES string of the molecule is COc1cc(/C=N\N2C(=O)[C@H]3[C@@H]4C=C[C@@H]([C@H]5C[C@H]45)[C@@H]3C2=O)cc(Cl)c1O. The van der Waals surface area contributed by atoms with Gasteiger partial charge in [0.25, 0.3) is 11.8 Å². The standard InChI is InChI=1S/C19H17ClN2O4/c1-26-14-5-8(4-13(20)17(14)23)7-21-22-18(24)15-9-2-3-10(12-6-11(9)12)16(15)19(22)25/h2-5,7,9-12,15-16,23H,6H2,1H3/b21-7-/t9-,10+,11-,12-,15+,16+/m1/s1. The number of amides is 2. The van der Waals surface area contributed by atoms with Gasteiger partial charge in [-0.2, -0.15) is 10.1 Å². The van der Waals surface area contributed by atoms with Crippen LogP contribution in [0.1, 0.15) is 12.0 Å². The van der Waals surface area contributed by atoms with Crippen molar-refractivity contribution in [3.05, 3.63) is 34.9 Å². The number of hydrazone groups is 1. The molecule has 1 saturated heterocycles. The molecule has 0 aromatic heterocycles. The second-order valence-corrected chi connectivity index (χ2v) is 7.85. The predicted molar refractivity (Wildman–Crippen MR) is 93.8 cm³/mol. The van der Waals surface area contributed by atoms with Crippen molar-refractivity contribution in [2.24, 2.45) is 40.6 Å². The first-order chi connectivity index (χ1) is 12.5. The normalized spacial score (nSPS) is 36.6. The van der Waals surface area contributed by atoms with Crippen LogP contribution in [0.5, 0.6) is 11.5 Å². The average Bonchev–Trinajstić information content (AvgIpc) is 3.41. The molecule has 6 rings (SSSR count). The Morgan fingerprint density at radius 3 is 2.38 bits per heavy atom. The fourth-order valence-corrected chi connectivity index (χ4v) is 5.22. The molecule has 2 amide bonds. The van der Waals surface area contributed by atoms with E-state index in [4.69, 9.17) is 16.3 Å². The summed E-state index contributed by atoms with van der Waals surface area (Å²) < 4.78 is 5.06. The minimum atomic E-state index is -0.267. The molecule has 0 unspecified atom stereocenters. The predicted octanol–water partition coefficient (Wildman–Crippen LogP) is 2.44. The number of benzene rings is 1. The van der Waals surface area contributed by atoms with Crippen LogP contribution >= 0.6 is 11.6 Å². The van der Waals surface area contributed by atoms with Gasteiger partial charge in [-0.1, -0.05) is 23.8 Å². The van der Waals surface area contributed by atoms with Gasteiger partial charge < -0.3 is 9.84 Å². The van der Waals surface area contributed by atoms with E-state index in [9.17, 15) is 14.7 Å². The van der Waals surface area contributed by atoms with E-state index in [2.05, 4.69) is 17.3 Å². The fourth-order valence-electron chi connectivity index (χ4n) is 5.00. The number of aromatic hydroxyl groups is 1. The number of methoxy groups -OCH3 is 1. The third kappa shape index (κ3) is 2.02. The minimum Gasteiger partial charge on any atom is -0.503 e. The number of nitrogens with zero attached hydrogens (tertiary/aromatic N) is 2. The van der Waals surface area contributed by atoms with E-state index in [-0.39, 0.29) is 52.0 Å². The van der Waals surface area contributed by atoms with Crippen molar-refractivity contribution in [1.29, 1.82) is 0 Å². The molecule has 1 heterocycles. The van der Waals surface area contributed by atoms with Crippen molar-refractivity contribution in [3.8, 4) is 11.5 Å². The summed E-state index contributed by atoms with van der Waals surface area (Å²) in [4.78, 5) is 25.7. The number of phenols is 1. The average molecular weight is 373 g/mol. The molecular formula is C19H17ClN2O4. The third-order valence-corrected chi connectivity index (χ3v) is 6.52. The van der Waals surface area contributed by atoms with Crippen LogP contribution in [0.3, 0.4) is 0 Å². The molecule has 4 aliphatic carbocycles. The Morgan fingerprint density at radius 2 is 1.81 bits per heavy atom. The molecular weight excluding hydrogens is 356 g/mol. The van der Waals surface area contributed by atoms with Gasteiger partial charge in [0, 0.05) is 0 Å². The zero-order valence-electron chi connectivity index (χ0n) is 14.0. The highest BCUT2D eigenvalue weighted by Crippen LogP contribution is 2.65. The maximum absolute atomic E-state index is 12.8. The largest absolute Gasteiger partial charge is 0.503 e. The van der Waals surface area contributed by atoms with Crippen molar-refractivity contribution in [2.75, 3.05) is 7.11 Å². The lowest BCUT2D eigenvalue weighted by molar-refractivity contribution is -0.140. The number of halogens is 1. The number of hydrogen-bond donors (Lipinski definition) is 1. The van der Waals surface area contributed by atoms with Crippen LogP contribution in [0, 0.1) is 35.5 Å². The molecule has 3 fully saturated rings. The monoisotopic (exact) mass is 372 g/mol. The Labute approximate surface area is 155 Å². The van der Waals surface area contributed by atoms with E-state index in [0.717, 1.165) is 11.4 Å². The molecule has 6 nitrogen and oxygen atoms in total. The van der Waals surface area contributed by atoms with Gasteiger partial charge in [-0.15, -0.1) is 0 Å². The van der Waals surface area contributed by atoms with Gasteiger partial charge in [0.2, 0.25) is 0 Å². The Hall–Kier alpha value is -2.34. The quantitative estimate of drug-likeness (QED) is 0.502. The molecule has 7 heteroatoms. The number of phenolic OH excluding ortho intramolecular Hbond substituents is 1. The van der Waals surface area contributed by atoms with Gasteiger partial charge in [-0.25, -0.2) is 0 Å². The lowest BCUT2D eigenvalue weighted by atomic mass is 9.63. The first-order valence-electron chi connectivity index (χ1n) is 8.68. The number of carbonyl (C=O) groups excluding carboxylic acids is 2. The number of imide groups is 1. The summed E-state index contributed by atoms with van der Waals surface area (Å²) in [5.41, 5.74) is 0.532. The summed E-state index contributed by atoms with van der Waals surface area (Å²) in [5, 5.41) is 15.1. The maximum Gasteiger partial charge on any atom is 0.254 e. The first-order valence-corrected chi connectivity index (χ1v) is 9.05. The first kappa shape index (κ1) is 15.9. The highest BCUT2D eigenvalue weighted by molar-refractivity contribution is 6.32. The van der Waals surface area contributed by atoms with Crippen molar-refractivity contribution < 1.29 is 19.4 Å². The Balaban J connectivity index is 1.44. The Morgan fingerprint density at radius 1 is 1.19 bits per heavy atom. The van der Waals surface area contributed by atoms with E-state index in [1.54, 1.807) is 6.07 Å². The second-order valence-electron chi connectivity index (χ2n) is 7.44. The van der Waals surface area contributed by atoms with E-state index in [1.807, 2.05) is 0 Å². The minimum absolute atomic E-state index is 0.112. The van der Waals surface area contributed by atoms with Crippen LogP contribution in [0.15, 0.2) is 29.4 Å². The van der Waals surface area contributed by atoms with Gasteiger partial charge in [-0.05, 0) is 47.8 Å². The highest BCUT2D eigenvalue weighted by atomic mass is 35.5. The summed E-state index contributed by atoms with van der Waals surface area (Å²) in [5.74, 6) is 0.564. The Kier molecular flexibility index (Phi) is 3.26. The fraction of sp³-hybridized carbons (Fsp3) is 0.421. The van der Waals surface area contributed by atoms with Crippen molar-refractivity contribution >= 4 is 29.6 Å². The summed E-state index contributed by atoms with van der Waals surface area (Å²) in [6, 6.07) is 3.05. The summed E-state index contributed by atoms with van der Waals surface area (Å²) in [6.07, 6.45) is 6.79. The molecule has 1 aromatic rings. The van der Waals surface area contributed by atoms with Crippen LogP contribution in [-0.4, -0.2) is 35.3 Å². The Bertz CT molecular complexity index is 860. The molecule has 2 bridgehead atoms. The van der Waals surface area contributed by atoms with E-state index in [1.165, 1.54) is 19.4 Å². The van der Waals surface area contributed by atoms with Crippen LogP contribution < -0.4 is 4.74 Å². The zero-order valence-corrected chi connectivity index (χ0v) is 14.8. The van der Waals surface area contributed by atoms with Crippen molar-refractivity contribution in [2.45, 2.75) is 6.42 Å². The molecule has 1 aromatic carbocycles. The molecule has 2 saturated carbocycles. The molecule has 1 aliphatic heterocycles. The van der Waals surface area contributed by atoms with Gasteiger partial charge in [0.15, 0.2) is 11.5 Å².